The lowest BCUT2D eigenvalue weighted by molar-refractivity contribution is 0.0784. The first kappa shape index (κ1) is 15.4. The van der Waals surface area contributed by atoms with Gasteiger partial charge in [-0.25, -0.2) is 5.84 Å². The van der Waals surface area contributed by atoms with Gasteiger partial charge in [0.25, 0.3) is 11.8 Å². The number of aromatic nitrogens is 2. The molecule has 3 N–H and O–H groups in total. The fourth-order valence-electron chi connectivity index (χ4n) is 2.47. The number of rotatable bonds is 4. The van der Waals surface area contributed by atoms with E-state index in [2.05, 4.69) is 15.6 Å². The number of carbonyl (C=O) groups excluding carboxylic acids is 2. The first-order valence-electron chi connectivity index (χ1n) is 7.19. The van der Waals surface area contributed by atoms with Gasteiger partial charge in [0.2, 0.25) is 0 Å². The van der Waals surface area contributed by atoms with Crippen LogP contribution in [0.2, 0.25) is 0 Å². The molecule has 1 aliphatic rings. The minimum absolute atomic E-state index is 0.121. The first-order chi connectivity index (χ1) is 10.0. The Hall–Kier alpha value is -2.02. The number of amides is 2. The summed E-state index contributed by atoms with van der Waals surface area (Å²) in [6.45, 7) is 5.58. The number of hydrazine groups is 1. The zero-order valence-electron chi connectivity index (χ0n) is 12.4. The summed E-state index contributed by atoms with van der Waals surface area (Å²) in [4.78, 5) is 25.8. The van der Waals surface area contributed by atoms with Crippen LogP contribution in [0, 0.1) is 5.92 Å². The smallest absolute Gasteiger partial charge is 0.285 e. The molecule has 2 rings (SSSR count). The third-order valence-corrected chi connectivity index (χ3v) is 3.46. The van der Waals surface area contributed by atoms with Crippen molar-refractivity contribution in [3.63, 3.8) is 0 Å². The molecule has 0 unspecified atom stereocenters. The van der Waals surface area contributed by atoms with Gasteiger partial charge < -0.3 is 4.90 Å². The van der Waals surface area contributed by atoms with E-state index in [1.165, 1.54) is 0 Å². The number of nitrogens with two attached hydrogens (primary N) is 1. The predicted molar refractivity (Wildman–Crippen MR) is 77.4 cm³/mol. The molecule has 1 aliphatic heterocycles. The van der Waals surface area contributed by atoms with E-state index in [-0.39, 0.29) is 11.6 Å². The van der Waals surface area contributed by atoms with E-state index in [1.807, 2.05) is 13.8 Å². The molecule has 1 aromatic rings. The highest BCUT2D eigenvalue weighted by Gasteiger charge is 2.23. The van der Waals surface area contributed by atoms with E-state index in [0.29, 0.717) is 23.6 Å². The SMILES string of the molecule is CC(C)Cc1cc(C(=O)N2CCCC2)nnc1C(=O)NN. The Labute approximate surface area is 123 Å². The molecule has 114 valence electrons. The predicted octanol–water partition coefficient (Wildman–Crippen LogP) is 0.515. The van der Waals surface area contributed by atoms with Crippen molar-refractivity contribution in [2.75, 3.05) is 13.1 Å². The maximum atomic E-state index is 12.3. The van der Waals surface area contributed by atoms with Gasteiger partial charge in [-0.2, -0.15) is 0 Å². The molecule has 0 spiro atoms. The third-order valence-electron chi connectivity index (χ3n) is 3.46. The van der Waals surface area contributed by atoms with E-state index in [9.17, 15) is 9.59 Å². The van der Waals surface area contributed by atoms with Crippen molar-refractivity contribution < 1.29 is 9.59 Å². The van der Waals surface area contributed by atoms with Crippen molar-refractivity contribution in [2.45, 2.75) is 33.1 Å². The maximum absolute atomic E-state index is 12.3. The molecule has 0 aromatic carbocycles. The van der Waals surface area contributed by atoms with Crippen molar-refractivity contribution >= 4 is 11.8 Å². The normalized spacial score (nSPS) is 14.6. The van der Waals surface area contributed by atoms with Crippen LogP contribution in [0.25, 0.3) is 0 Å². The van der Waals surface area contributed by atoms with Crippen molar-refractivity contribution in [3.05, 3.63) is 23.0 Å². The Balaban J connectivity index is 2.31. The number of hydrogen-bond acceptors (Lipinski definition) is 5. The van der Waals surface area contributed by atoms with Crippen molar-refractivity contribution in [1.29, 1.82) is 0 Å². The van der Waals surface area contributed by atoms with Gasteiger partial charge in [-0.1, -0.05) is 13.8 Å². The van der Waals surface area contributed by atoms with Crippen LogP contribution in [-0.2, 0) is 6.42 Å². The van der Waals surface area contributed by atoms with E-state index in [4.69, 9.17) is 5.84 Å². The summed E-state index contributed by atoms with van der Waals surface area (Å²) in [6.07, 6.45) is 2.68. The Morgan fingerprint density at radius 1 is 1.33 bits per heavy atom. The second-order valence-corrected chi connectivity index (χ2v) is 5.67. The van der Waals surface area contributed by atoms with E-state index >= 15 is 0 Å². The molecule has 21 heavy (non-hydrogen) atoms. The Morgan fingerprint density at radius 2 is 2.00 bits per heavy atom. The molecule has 0 bridgehead atoms. The van der Waals surface area contributed by atoms with Crippen LogP contribution in [0.3, 0.4) is 0 Å². The number of carbonyl (C=O) groups is 2. The molecule has 2 amide bonds. The third kappa shape index (κ3) is 3.55. The van der Waals surface area contributed by atoms with E-state index < -0.39 is 5.91 Å². The van der Waals surface area contributed by atoms with Gasteiger partial charge in [0.1, 0.15) is 0 Å². The topological polar surface area (TPSA) is 101 Å². The summed E-state index contributed by atoms with van der Waals surface area (Å²) in [7, 11) is 0. The monoisotopic (exact) mass is 291 g/mol. The van der Waals surface area contributed by atoms with Gasteiger partial charge in [0.15, 0.2) is 11.4 Å². The van der Waals surface area contributed by atoms with E-state index in [0.717, 1.165) is 25.9 Å². The summed E-state index contributed by atoms with van der Waals surface area (Å²) in [5, 5.41) is 7.81. The van der Waals surface area contributed by atoms with Gasteiger partial charge in [0, 0.05) is 13.1 Å². The number of nitrogens with zero attached hydrogens (tertiary/aromatic N) is 3. The number of nitrogen functional groups attached to an aromatic ring is 1. The second-order valence-electron chi connectivity index (χ2n) is 5.67. The van der Waals surface area contributed by atoms with Crippen LogP contribution in [0.15, 0.2) is 6.07 Å². The molecule has 2 heterocycles. The van der Waals surface area contributed by atoms with Crippen LogP contribution in [-0.4, -0.2) is 40.0 Å². The minimum atomic E-state index is -0.488. The molecule has 7 nitrogen and oxygen atoms in total. The Bertz CT molecular complexity index is 538. The highest BCUT2D eigenvalue weighted by atomic mass is 16.2. The van der Waals surface area contributed by atoms with Gasteiger partial charge in [-0.05, 0) is 36.8 Å². The maximum Gasteiger partial charge on any atom is 0.285 e. The summed E-state index contributed by atoms with van der Waals surface area (Å²) in [5.74, 6) is 4.88. The summed E-state index contributed by atoms with van der Waals surface area (Å²) in [6, 6.07) is 1.66. The average Bonchev–Trinajstić information content (AvgIpc) is 2.99. The van der Waals surface area contributed by atoms with Gasteiger partial charge in [0.05, 0.1) is 0 Å². The van der Waals surface area contributed by atoms with Crippen LogP contribution in [0.5, 0.6) is 0 Å². The highest BCUT2D eigenvalue weighted by Crippen LogP contribution is 2.16. The van der Waals surface area contributed by atoms with Crippen LogP contribution in [0.4, 0.5) is 0 Å². The lowest BCUT2D eigenvalue weighted by Gasteiger charge is -2.16. The molecule has 7 heteroatoms. The molecule has 1 fully saturated rings. The number of nitrogens with one attached hydrogen (secondary N) is 1. The molecule has 0 saturated carbocycles. The summed E-state index contributed by atoms with van der Waals surface area (Å²) >= 11 is 0. The lowest BCUT2D eigenvalue weighted by Crippen LogP contribution is -2.33. The zero-order chi connectivity index (χ0) is 15.4. The van der Waals surface area contributed by atoms with Gasteiger partial charge in [-0.15, -0.1) is 10.2 Å². The fraction of sp³-hybridized carbons (Fsp3) is 0.571. The van der Waals surface area contributed by atoms with Crippen LogP contribution < -0.4 is 11.3 Å². The molecule has 0 atom stereocenters. The summed E-state index contributed by atoms with van der Waals surface area (Å²) < 4.78 is 0. The average molecular weight is 291 g/mol. The van der Waals surface area contributed by atoms with Crippen molar-refractivity contribution in [1.82, 2.24) is 20.5 Å². The standard InChI is InChI=1S/C14H21N5O2/c1-9(2)7-10-8-11(14(21)19-5-3-4-6-19)17-18-12(10)13(20)16-15/h8-9H,3-7,15H2,1-2H3,(H,16,20). The quantitative estimate of drug-likeness (QED) is 0.478. The first-order valence-corrected chi connectivity index (χ1v) is 7.19. The van der Waals surface area contributed by atoms with Crippen LogP contribution in [0.1, 0.15) is 53.2 Å². The zero-order valence-corrected chi connectivity index (χ0v) is 12.4. The Morgan fingerprint density at radius 3 is 2.57 bits per heavy atom. The Kier molecular flexibility index (Phi) is 4.85. The molecule has 0 radical (unpaired) electrons. The van der Waals surface area contributed by atoms with Gasteiger partial charge >= 0.3 is 0 Å². The fourth-order valence-corrected chi connectivity index (χ4v) is 2.47. The van der Waals surface area contributed by atoms with Crippen LogP contribution >= 0.6 is 0 Å². The van der Waals surface area contributed by atoms with E-state index in [1.54, 1.807) is 11.0 Å². The number of likely N-dealkylation sites (tertiary alicyclic amines) is 1. The summed E-state index contributed by atoms with van der Waals surface area (Å²) in [5.41, 5.74) is 3.24. The second kappa shape index (κ2) is 6.62. The highest BCUT2D eigenvalue weighted by molar-refractivity contribution is 5.96. The number of hydrogen-bond donors (Lipinski definition) is 2. The molecular weight excluding hydrogens is 270 g/mol. The lowest BCUT2D eigenvalue weighted by atomic mass is 10.0. The largest absolute Gasteiger partial charge is 0.337 e. The van der Waals surface area contributed by atoms with Gasteiger partial charge in [-0.3, -0.25) is 15.0 Å². The molecule has 1 saturated heterocycles. The van der Waals surface area contributed by atoms with Crippen molar-refractivity contribution in [2.24, 2.45) is 11.8 Å². The molecule has 0 aliphatic carbocycles. The molecule has 1 aromatic heterocycles. The minimum Gasteiger partial charge on any atom is -0.337 e. The van der Waals surface area contributed by atoms with Crippen molar-refractivity contribution in [3.8, 4) is 0 Å². The molecular formula is C14H21N5O2.